The minimum Gasteiger partial charge on any atom is -0.213 e. The van der Waals surface area contributed by atoms with E-state index in [4.69, 9.17) is 29.9 Å². The monoisotopic (exact) mass is 584 g/mol. The molecule has 45 heavy (non-hydrogen) atoms. The van der Waals surface area contributed by atoms with E-state index in [1.807, 2.05) is 72.8 Å². The molecule has 0 saturated heterocycles. The molecule has 9 rings (SSSR count). The van der Waals surface area contributed by atoms with Crippen molar-refractivity contribution in [2.24, 2.45) is 17.3 Å². The highest BCUT2D eigenvalue weighted by atomic mass is 15.1. The summed E-state index contributed by atoms with van der Waals surface area (Å²) in [6.07, 6.45) is 4.57. The molecule has 0 amide bonds. The van der Waals surface area contributed by atoms with Gasteiger partial charge >= 0.3 is 0 Å². The van der Waals surface area contributed by atoms with Crippen molar-refractivity contribution >= 4 is 0 Å². The Morgan fingerprint density at radius 2 is 0.778 bits per heavy atom. The predicted octanol–water partition coefficient (Wildman–Crippen LogP) is 8.41. The van der Waals surface area contributed by atoms with Crippen molar-refractivity contribution in [1.82, 2.24) is 29.9 Å². The van der Waals surface area contributed by atoms with Crippen molar-refractivity contribution in [2.45, 2.75) is 37.5 Å². The highest BCUT2D eigenvalue weighted by molar-refractivity contribution is 5.62. The molecule has 0 radical (unpaired) electrons. The molecule has 4 aromatic carbocycles. The molecule has 2 heterocycles. The second-order valence-corrected chi connectivity index (χ2v) is 12.8. The van der Waals surface area contributed by atoms with Gasteiger partial charge < -0.3 is 0 Å². The first kappa shape index (κ1) is 26.3. The van der Waals surface area contributed by atoms with Crippen LogP contribution in [0.25, 0.3) is 45.6 Å². The molecule has 218 valence electrons. The summed E-state index contributed by atoms with van der Waals surface area (Å²) in [4.78, 5) is 30.5. The third-order valence-electron chi connectivity index (χ3n) is 10.5. The van der Waals surface area contributed by atoms with E-state index in [1.165, 1.54) is 6.42 Å². The molecular formula is C39H32N6. The largest absolute Gasteiger partial charge is 0.213 e. The van der Waals surface area contributed by atoms with Gasteiger partial charge in [-0.1, -0.05) is 121 Å². The third-order valence-corrected chi connectivity index (χ3v) is 10.5. The molecule has 0 bridgehead atoms. The standard InChI is InChI=1S/C39H32N6/c1-5-13-25(14-6-1)33-40-34(26-15-7-2-8-16-26)43-37(42-33)29-21-30-22-31-23-32(39(30,31)24-29)38-44-35(27-17-9-3-10-18-27)41-36(45-38)28-19-11-4-12-20-28/h1-20,29-32H,21-24H2. The van der Waals surface area contributed by atoms with Crippen LogP contribution in [-0.2, 0) is 0 Å². The average molecular weight is 585 g/mol. The lowest BCUT2D eigenvalue weighted by Gasteiger charge is -2.66. The summed E-state index contributed by atoms with van der Waals surface area (Å²) in [5.41, 5.74) is 4.27. The highest BCUT2D eigenvalue weighted by Gasteiger charge is 2.70. The third kappa shape index (κ3) is 4.39. The van der Waals surface area contributed by atoms with Crippen LogP contribution in [0.5, 0.6) is 0 Å². The number of hydrogen-bond donors (Lipinski definition) is 0. The van der Waals surface area contributed by atoms with Crippen LogP contribution in [0.15, 0.2) is 121 Å². The lowest BCUT2D eigenvalue weighted by molar-refractivity contribution is -0.147. The minimum absolute atomic E-state index is 0.195. The molecule has 5 unspecified atom stereocenters. The zero-order chi connectivity index (χ0) is 29.8. The fourth-order valence-electron chi connectivity index (χ4n) is 8.36. The normalized spacial score (nSPS) is 24.6. The summed E-state index contributed by atoms with van der Waals surface area (Å²) < 4.78 is 0. The van der Waals surface area contributed by atoms with Crippen LogP contribution in [0.2, 0.25) is 0 Å². The van der Waals surface area contributed by atoms with E-state index in [0.717, 1.165) is 76.5 Å². The average Bonchev–Trinajstić information content (AvgIpc) is 3.49. The van der Waals surface area contributed by atoms with Gasteiger partial charge in [-0.05, 0) is 42.9 Å². The Morgan fingerprint density at radius 3 is 1.18 bits per heavy atom. The second-order valence-electron chi connectivity index (χ2n) is 12.8. The summed E-state index contributed by atoms with van der Waals surface area (Å²) in [6, 6.07) is 41.2. The molecule has 0 N–H and O–H groups in total. The van der Waals surface area contributed by atoms with Gasteiger partial charge in [0.15, 0.2) is 23.3 Å². The molecule has 3 saturated carbocycles. The van der Waals surface area contributed by atoms with Crippen molar-refractivity contribution in [3.05, 3.63) is 133 Å². The van der Waals surface area contributed by atoms with Crippen molar-refractivity contribution in [3.63, 3.8) is 0 Å². The molecule has 6 nitrogen and oxygen atoms in total. The number of rotatable bonds is 6. The number of aromatic nitrogens is 6. The summed E-state index contributed by atoms with van der Waals surface area (Å²) in [5.74, 6) is 6.77. The molecule has 0 aliphatic heterocycles. The van der Waals surface area contributed by atoms with Crippen molar-refractivity contribution < 1.29 is 0 Å². The SMILES string of the molecule is c1ccc(-c2nc(-c3ccccc3)nc(C3CC4CC5CC(c6nc(-c7ccccc7)nc(-c7ccccc7)n6)C45C3)n2)cc1. The number of hydrogen-bond acceptors (Lipinski definition) is 6. The molecule has 1 spiro atoms. The smallest absolute Gasteiger partial charge is 0.163 e. The molecule has 3 aliphatic carbocycles. The van der Waals surface area contributed by atoms with Gasteiger partial charge in [0.25, 0.3) is 0 Å². The summed E-state index contributed by atoms with van der Waals surface area (Å²) in [5, 5.41) is 0. The first-order valence-corrected chi connectivity index (χ1v) is 16.0. The van der Waals surface area contributed by atoms with Gasteiger partial charge in [-0.15, -0.1) is 0 Å². The lowest BCUT2D eigenvalue weighted by atomic mass is 9.38. The Kier molecular flexibility index (Phi) is 6.15. The van der Waals surface area contributed by atoms with Gasteiger partial charge in [-0.25, -0.2) is 29.9 Å². The van der Waals surface area contributed by atoms with Gasteiger partial charge in [0, 0.05) is 34.1 Å². The molecule has 5 atom stereocenters. The topological polar surface area (TPSA) is 77.3 Å². The van der Waals surface area contributed by atoms with E-state index in [0.29, 0.717) is 17.8 Å². The van der Waals surface area contributed by atoms with Crippen molar-refractivity contribution in [3.8, 4) is 45.6 Å². The van der Waals surface area contributed by atoms with E-state index in [9.17, 15) is 0 Å². The Morgan fingerprint density at radius 1 is 0.400 bits per heavy atom. The quantitative estimate of drug-likeness (QED) is 0.196. The predicted molar refractivity (Wildman–Crippen MR) is 175 cm³/mol. The van der Waals surface area contributed by atoms with Gasteiger partial charge in [0.1, 0.15) is 11.6 Å². The van der Waals surface area contributed by atoms with Crippen LogP contribution in [0.1, 0.15) is 49.2 Å². The van der Waals surface area contributed by atoms with Gasteiger partial charge in [0.05, 0.1) is 0 Å². The Labute approximate surface area is 262 Å². The molecule has 6 heteroatoms. The van der Waals surface area contributed by atoms with Crippen molar-refractivity contribution in [2.75, 3.05) is 0 Å². The maximum absolute atomic E-state index is 5.17. The van der Waals surface area contributed by atoms with E-state index < -0.39 is 0 Å². The zero-order valence-corrected chi connectivity index (χ0v) is 24.9. The molecule has 2 aromatic heterocycles. The van der Waals surface area contributed by atoms with Gasteiger partial charge in [-0.2, -0.15) is 0 Å². The molecule has 3 fully saturated rings. The first-order valence-electron chi connectivity index (χ1n) is 16.0. The van der Waals surface area contributed by atoms with Crippen LogP contribution >= 0.6 is 0 Å². The highest BCUT2D eigenvalue weighted by Crippen LogP contribution is 2.78. The van der Waals surface area contributed by atoms with Gasteiger partial charge in [0.2, 0.25) is 0 Å². The number of benzene rings is 4. The van der Waals surface area contributed by atoms with Crippen LogP contribution in [0.4, 0.5) is 0 Å². The summed E-state index contributed by atoms with van der Waals surface area (Å²) in [6.45, 7) is 0. The van der Waals surface area contributed by atoms with E-state index in [1.54, 1.807) is 0 Å². The van der Waals surface area contributed by atoms with Crippen LogP contribution in [0, 0.1) is 17.3 Å². The molecular weight excluding hydrogens is 552 g/mol. The Hall–Kier alpha value is -5.10. The van der Waals surface area contributed by atoms with Crippen LogP contribution in [0.3, 0.4) is 0 Å². The molecule has 3 aliphatic rings. The van der Waals surface area contributed by atoms with E-state index in [2.05, 4.69) is 48.5 Å². The maximum atomic E-state index is 5.17. The Balaban J connectivity index is 1.10. The zero-order valence-electron chi connectivity index (χ0n) is 24.9. The van der Waals surface area contributed by atoms with Crippen LogP contribution < -0.4 is 0 Å². The minimum atomic E-state index is 0.195. The number of nitrogens with zero attached hydrogens (tertiary/aromatic N) is 6. The van der Waals surface area contributed by atoms with Crippen LogP contribution in [-0.4, -0.2) is 29.9 Å². The van der Waals surface area contributed by atoms with Crippen molar-refractivity contribution in [1.29, 1.82) is 0 Å². The fraction of sp³-hybridized carbons (Fsp3) is 0.231. The lowest BCUT2D eigenvalue weighted by Crippen LogP contribution is -2.59. The first-order chi connectivity index (χ1) is 22.2. The van der Waals surface area contributed by atoms with Gasteiger partial charge in [-0.3, -0.25) is 0 Å². The maximum Gasteiger partial charge on any atom is 0.163 e. The summed E-state index contributed by atoms with van der Waals surface area (Å²) >= 11 is 0. The molecule has 6 aromatic rings. The van der Waals surface area contributed by atoms with E-state index >= 15 is 0 Å². The fourth-order valence-corrected chi connectivity index (χ4v) is 8.36. The Bertz CT molecular complexity index is 1870. The second kappa shape index (κ2) is 10.5. The van der Waals surface area contributed by atoms with E-state index in [-0.39, 0.29) is 11.3 Å². The summed E-state index contributed by atoms with van der Waals surface area (Å²) in [7, 11) is 0.